The molecule has 0 saturated heterocycles. The first-order valence-electron chi connectivity index (χ1n) is 4.41. The molecule has 0 aliphatic carbocycles. The standard InChI is InChI=1S/C9H12N4O/c1-13-4-2-3-7(13)5-8-11-9(6-10)14-12-8/h2-4H,5-6,10H2,1H3. The number of aryl methyl sites for hydroxylation is 1. The quantitative estimate of drug-likeness (QED) is 0.766. The monoisotopic (exact) mass is 192 g/mol. The zero-order chi connectivity index (χ0) is 9.97. The molecule has 0 fully saturated rings. The van der Waals surface area contributed by atoms with Crippen molar-refractivity contribution in [2.75, 3.05) is 0 Å². The largest absolute Gasteiger partial charge is 0.354 e. The highest BCUT2D eigenvalue weighted by molar-refractivity contribution is 5.11. The van der Waals surface area contributed by atoms with Gasteiger partial charge in [0.05, 0.1) is 13.0 Å². The molecular formula is C9H12N4O. The molecule has 2 heterocycles. The normalized spacial score (nSPS) is 10.7. The van der Waals surface area contributed by atoms with Crippen LogP contribution >= 0.6 is 0 Å². The predicted molar refractivity (Wildman–Crippen MR) is 50.4 cm³/mol. The Bertz CT molecular complexity index is 418. The van der Waals surface area contributed by atoms with Crippen molar-refractivity contribution in [1.29, 1.82) is 0 Å². The van der Waals surface area contributed by atoms with E-state index in [-0.39, 0.29) is 0 Å². The summed E-state index contributed by atoms with van der Waals surface area (Å²) in [7, 11) is 1.99. The van der Waals surface area contributed by atoms with Gasteiger partial charge in [0.15, 0.2) is 5.82 Å². The average Bonchev–Trinajstić information content (AvgIpc) is 2.77. The van der Waals surface area contributed by atoms with Crippen LogP contribution in [-0.4, -0.2) is 14.7 Å². The van der Waals surface area contributed by atoms with E-state index in [0.29, 0.717) is 24.7 Å². The molecule has 14 heavy (non-hydrogen) atoms. The highest BCUT2D eigenvalue weighted by Crippen LogP contribution is 2.06. The molecule has 2 aromatic rings. The van der Waals surface area contributed by atoms with E-state index in [1.54, 1.807) is 0 Å². The van der Waals surface area contributed by atoms with Gasteiger partial charge >= 0.3 is 0 Å². The van der Waals surface area contributed by atoms with E-state index >= 15 is 0 Å². The van der Waals surface area contributed by atoms with Gasteiger partial charge in [0, 0.05) is 18.9 Å². The molecule has 2 aromatic heterocycles. The first-order valence-corrected chi connectivity index (χ1v) is 4.41. The summed E-state index contributed by atoms with van der Waals surface area (Å²) in [6.07, 6.45) is 2.66. The molecule has 2 N–H and O–H groups in total. The van der Waals surface area contributed by atoms with Gasteiger partial charge in [-0.25, -0.2) is 0 Å². The van der Waals surface area contributed by atoms with Crippen LogP contribution in [0.1, 0.15) is 17.4 Å². The average molecular weight is 192 g/mol. The second-order valence-corrected chi connectivity index (χ2v) is 3.10. The highest BCUT2D eigenvalue weighted by Gasteiger charge is 2.06. The smallest absolute Gasteiger partial charge is 0.240 e. The molecule has 0 amide bonds. The van der Waals surface area contributed by atoms with Gasteiger partial charge in [-0.3, -0.25) is 0 Å². The molecule has 0 bridgehead atoms. The molecular weight excluding hydrogens is 180 g/mol. The summed E-state index contributed by atoms with van der Waals surface area (Å²) in [6, 6.07) is 4.01. The third kappa shape index (κ3) is 1.67. The molecule has 0 aliphatic rings. The molecule has 0 radical (unpaired) electrons. The van der Waals surface area contributed by atoms with Crippen molar-refractivity contribution < 1.29 is 4.52 Å². The summed E-state index contributed by atoms with van der Waals surface area (Å²) in [5.74, 6) is 1.15. The summed E-state index contributed by atoms with van der Waals surface area (Å²) in [5.41, 5.74) is 6.51. The van der Waals surface area contributed by atoms with Crippen LogP contribution in [0.5, 0.6) is 0 Å². The summed E-state index contributed by atoms with van der Waals surface area (Å²) >= 11 is 0. The zero-order valence-corrected chi connectivity index (χ0v) is 7.97. The molecule has 0 saturated carbocycles. The van der Waals surface area contributed by atoms with Gasteiger partial charge in [0.1, 0.15) is 0 Å². The topological polar surface area (TPSA) is 69.9 Å². The number of rotatable bonds is 3. The van der Waals surface area contributed by atoms with Gasteiger partial charge in [0.25, 0.3) is 0 Å². The summed E-state index contributed by atoms with van der Waals surface area (Å²) in [6.45, 7) is 0.292. The second kappa shape index (κ2) is 3.63. The van der Waals surface area contributed by atoms with E-state index in [2.05, 4.69) is 10.1 Å². The number of hydrogen-bond acceptors (Lipinski definition) is 4. The van der Waals surface area contributed by atoms with E-state index in [1.807, 2.05) is 29.9 Å². The maximum absolute atomic E-state index is 5.36. The van der Waals surface area contributed by atoms with Gasteiger partial charge in [-0.15, -0.1) is 0 Å². The van der Waals surface area contributed by atoms with Crippen molar-refractivity contribution in [2.45, 2.75) is 13.0 Å². The fourth-order valence-corrected chi connectivity index (χ4v) is 1.29. The number of nitrogens with zero attached hydrogens (tertiary/aromatic N) is 3. The van der Waals surface area contributed by atoms with Gasteiger partial charge in [0.2, 0.25) is 5.89 Å². The Balaban J connectivity index is 2.15. The summed E-state index contributed by atoms with van der Waals surface area (Å²) in [4.78, 5) is 4.13. The van der Waals surface area contributed by atoms with Gasteiger partial charge in [-0.05, 0) is 12.1 Å². The van der Waals surface area contributed by atoms with E-state index in [1.165, 1.54) is 0 Å². The van der Waals surface area contributed by atoms with Gasteiger partial charge in [-0.1, -0.05) is 5.16 Å². The SMILES string of the molecule is Cn1cccc1Cc1noc(CN)n1. The number of nitrogens with two attached hydrogens (primary N) is 1. The predicted octanol–water partition coefficient (Wildman–Crippen LogP) is 0.458. The van der Waals surface area contributed by atoms with Crippen LogP contribution in [0.2, 0.25) is 0 Å². The third-order valence-electron chi connectivity index (χ3n) is 2.08. The van der Waals surface area contributed by atoms with Crippen LogP contribution in [0.4, 0.5) is 0 Å². The van der Waals surface area contributed by atoms with Crippen LogP contribution in [0.15, 0.2) is 22.9 Å². The van der Waals surface area contributed by atoms with Crippen molar-refractivity contribution in [3.8, 4) is 0 Å². The van der Waals surface area contributed by atoms with Crippen molar-refractivity contribution in [3.05, 3.63) is 35.7 Å². The van der Waals surface area contributed by atoms with E-state index in [0.717, 1.165) is 5.69 Å². The lowest BCUT2D eigenvalue weighted by Gasteiger charge is -1.97. The van der Waals surface area contributed by atoms with E-state index in [4.69, 9.17) is 10.3 Å². The maximum atomic E-state index is 5.36. The molecule has 74 valence electrons. The van der Waals surface area contributed by atoms with Crippen molar-refractivity contribution in [3.63, 3.8) is 0 Å². The fourth-order valence-electron chi connectivity index (χ4n) is 1.29. The van der Waals surface area contributed by atoms with Crippen molar-refractivity contribution in [1.82, 2.24) is 14.7 Å². The molecule has 2 rings (SSSR count). The molecule has 5 nitrogen and oxygen atoms in total. The lowest BCUT2D eigenvalue weighted by atomic mass is 10.3. The van der Waals surface area contributed by atoms with Gasteiger partial charge in [-0.2, -0.15) is 4.98 Å². The Morgan fingerprint density at radius 2 is 2.43 bits per heavy atom. The van der Waals surface area contributed by atoms with Crippen molar-refractivity contribution >= 4 is 0 Å². The Morgan fingerprint density at radius 3 is 3.00 bits per heavy atom. The Morgan fingerprint density at radius 1 is 1.57 bits per heavy atom. The Kier molecular flexibility index (Phi) is 2.32. The maximum Gasteiger partial charge on any atom is 0.240 e. The molecule has 0 aliphatic heterocycles. The summed E-state index contributed by atoms with van der Waals surface area (Å²) in [5, 5.41) is 3.82. The minimum Gasteiger partial charge on any atom is -0.354 e. The van der Waals surface area contributed by atoms with Crippen LogP contribution in [0, 0.1) is 0 Å². The minimum atomic E-state index is 0.292. The molecule has 0 spiro atoms. The van der Waals surface area contributed by atoms with Gasteiger partial charge < -0.3 is 14.8 Å². The molecule has 0 atom stereocenters. The van der Waals surface area contributed by atoms with Crippen molar-refractivity contribution in [2.24, 2.45) is 12.8 Å². The van der Waals surface area contributed by atoms with E-state index in [9.17, 15) is 0 Å². The first-order chi connectivity index (χ1) is 6.79. The molecule has 5 heteroatoms. The minimum absolute atomic E-state index is 0.292. The Labute approximate surface area is 81.5 Å². The third-order valence-corrected chi connectivity index (χ3v) is 2.08. The molecule has 0 aromatic carbocycles. The highest BCUT2D eigenvalue weighted by atomic mass is 16.5. The first kappa shape index (κ1) is 8.96. The van der Waals surface area contributed by atoms with Crippen LogP contribution in [0.25, 0.3) is 0 Å². The van der Waals surface area contributed by atoms with Crippen LogP contribution < -0.4 is 5.73 Å². The summed E-state index contributed by atoms with van der Waals surface area (Å²) < 4.78 is 6.93. The fraction of sp³-hybridized carbons (Fsp3) is 0.333. The number of hydrogen-bond donors (Lipinski definition) is 1. The number of aromatic nitrogens is 3. The Hall–Kier alpha value is -1.62. The van der Waals surface area contributed by atoms with Crippen LogP contribution in [0.3, 0.4) is 0 Å². The lowest BCUT2D eigenvalue weighted by Crippen LogP contribution is -1.99. The lowest BCUT2D eigenvalue weighted by molar-refractivity contribution is 0.375. The zero-order valence-electron chi connectivity index (χ0n) is 7.97. The van der Waals surface area contributed by atoms with E-state index < -0.39 is 0 Å². The van der Waals surface area contributed by atoms with Crippen LogP contribution in [-0.2, 0) is 20.0 Å². The second-order valence-electron chi connectivity index (χ2n) is 3.10. The molecule has 0 unspecified atom stereocenters.